The van der Waals surface area contributed by atoms with E-state index in [4.69, 9.17) is 10.5 Å². The number of phenols is 1. The Labute approximate surface area is 242 Å². The Morgan fingerprint density at radius 3 is 2.20 bits per heavy atom. The van der Waals surface area contributed by atoms with E-state index in [2.05, 4.69) is 10.6 Å². The number of nitrogens with two attached hydrogens (primary N) is 1. The number of hydrogen-bond donors (Lipinski definition) is 4. The molecule has 0 heterocycles. The van der Waals surface area contributed by atoms with Gasteiger partial charge in [0.15, 0.2) is 0 Å². The van der Waals surface area contributed by atoms with Gasteiger partial charge in [0, 0.05) is 24.1 Å². The third-order valence-corrected chi connectivity index (χ3v) is 6.80. The Bertz CT molecular complexity index is 1220. The van der Waals surface area contributed by atoms with Gasteiger partial charge in [-0.25, -0.2) is 4.79 Å². The molecule has 2 rings (SSSR count). The number of phenolic OH excluding ortho intramolecular Hbond substituents is 1. The van der Waals surface area contributed by atoms with E-state index in [1.165, 1.54) is 4.90 Å². The van der Waals surface area contributed by atoms with Crippen LogP contribution in [-0.4, -0.2) is 51.0 Å². The van der Waals surface area contributed by atoms with Gasteiger partial charge in [0.05, 0.1) is 0 Å². The summed E-state index contributed by atoms with van der Waals surface area (Å²) in [6, 6.07) is 11.8. The highest BCUT2D eigenvalue weighted by atomic mass is 16.6. The summed E-state index contributed by atoms with van der Waals surface area (Å²) in [5, 5.41) is 16.6. The Kier molecular flexibility index (Phi) is 11.3. The van der Waals surface area contributed by atoms with Crippen LogP contribution >= 0.6 is 0 Å². The lowest BCUT2D eigenvalue weighted by Gasteiger charge is -2.44. The van der Waals surface area contributed by atoms with E-state index in [-0.39, 0.29) is 30.7 Å². The molecule has 10 nitrogen and oxygen atoms in total. The molecule has 0 radical (unpaired) electrons. The molecule has 0 saturated heterocycles. The van der Waals surface area contributed by atoms with Gasteiger partial charge in [-0.3, -0.25) is 14.4 Å². The maximum absolute atomic E-state index is 14.4. The number of primary amides is 1. The molecule has 0 bridgehead atoms. The standard InChI is InChI=1S/C31H44N4O6/c1-8-31(6,7)35(28(39)23(17-18-24(32)36)34-29(40)41-30(3,4)5)25(22-16-12-13-20(2)26(22)37)27(38)33-19-21-14-10-9-11-15-21/h9-16,23,25,37H,8,17-19H2,1-7H3,(H2,32,36)(H,33,38)(H,34,40). The fourth-order valence-electron chi connectivity index (χ4n) is 4.29. The molecule has 0 aliphatic carbocycles. The number of para-hydroxylation sites is 1. The molecule has 224 valence electrons. The highest BCUT2D eigenvalue weighted by molar-refractivity contribution is 5.93. The average Bonchev–Trinajstić information content (AvgIpc) is 2.89. The van der Waals surface area contributed by atoms with Crippen LogP contribution in [0.3, 0.4) is 0 Å². The van der Waals surface area contributed by atoms with E-state index in [1.54, 1.807) is 59.7 Å². The molecule has 2 aromatic rings. The van der Waals surface area contributed by atoms with Crippen LogP contribution in [0.25, 0.3) is 0 Å². The molecule has 0 aromatic heterocycles. The number of nitrogens with one attached hydrogen (secondary N) is 2. The number of ether oxygens (including phenoxy) is 1. The van der Waals surface area contributed by atoms with Crippen molar-refractivity contribution >= 4 is 23.8 Å². The van der Waals surface area contributed by atoms with Crippen molar-refractivity contribution in [3.63, 3.8) is 0 Å². The molecule has 0 aliphatic heterocycles. The predicted octanol–water partition coefficient (Wildman–Crippen LogP) is 4.23. The normalized spacial score (nSPS) is 13.0. The van der Waals surface area contributed by atoms with Crippen molar-refractivity contribution in [2.75, 3.05) is 0 Å². The molecule has 0 saturated carbocycles. The summed E-state index contributed by atoms with van der Waals surface area (Å²) in [5.74, 6) is -1.91. The van der Waals surface area contributed by atoms with Gasteiger partial charge in [0.1, 0.15) is 23.4 Å². The molecule has 10 heteroatoms. The molecular weight excluding hydrogens is 524 g/mol. The maximum atomic E-state index is 14.4. The zero-order valence-corrected chi connectivity index (χ0v) is 25.1. The maximum Gasteiger partial charge on any atom is 0.408 e. The van der Waals surface area contributed by atoms with Gasteiger partial charge in [0.2, 0.25) is 17.7 Å². The number of hydrogen-bond acceptors (Lipinski definition) is 6. The Hall–Kier alpha value is -4.08. The third-order valence-electron chi connectivity index (χ3n) is 6.80. The lowest BCUT2D eigenvalue weighted by molar-refractivity contribution is -0.149. The number of rotatable bonds is 12. The highest BCUT2D eigenvalue weighted by Gasteiger charge is 2.44. The van der Waals surface area contributed by atoms with Crippen LogP contribution in [0, 0.1) is 6.92 Å². The van der Waals surface area contributed by atoms with E-state index in [9.17, 15) is 24.3 Å². The van der Waals surface area contributed by atoms with Gasteiger partial charge >= 0.3 is 6.09 Å². The Balaban J connectivity index is 2.63. The van der Waals surface area contributed by atoms with Crippen molar-refractivity contribution < 1.29 is 29.0 Å². The van der Waals surface area contributed by atoms with Gasteiger partial charge in [-0.15, -0.1) is 0 Å². The van der Waals surface area contributed by atoms with E-state index >= 15 is 0 Å². The first-order valence-electron chi connectivity index (χ1n) is 13.8. The van der Waals surface area contributed by atoms with Gasteiger partial charge in [-0.2, -0.15) is 0 Å². The second-order valence-corrected chi connectivity index (χ2v) is 11.7. The number of amides is 4. The summed E-state index contributed by atoms with van der Waals surface area (Å²) in [6.07, 6.45) is -0.712. The first-order valence-corrected chi connectivity index (χ1v) is 13.8. The Morgan fingerprint density at radius 2 is 1.63 bits per heavy atom. The number of aryl methyl sites for hydroxylation is 1. The first-order chi connectivity index (χ1) is 19.1. The summed E-state index contributed by atoms with van der Waals surface area (Å²) >= 11 is 0. The lowest BCUT2D eigenvalue weighted by Crippen LogP contribution is -2.59. The van der Waals surface area contributed by atoms with Gasteiger partial charge in [-0.05, 0) is 65.5 Å². The van der Waals surface area contributed by atoms with Crippen molar-refractivity contribution in [3.05, 3.63) is 65.2 Å². The van der Waals surface area contributed by atoms with E-state index in [0.717, 1.165) is 5.56 Å². The number of alkyl carbamates (subject to hydrolysis) is 1. The third kappa shape index (κ3) is 9.51. The molecule has 0 aliphatic rings. The molecule has 4 amide bonds. The first kappa shape index (κ1) is 33.1. The number of nitrogens with zero attached hydrogens (tertiary/aromatic N) is 1. The van der Waals surface area contributed by atoms with Crippen molar-refractivity contribution in [1.29, 1.82) is 0 Å². The van der Waals surface area contributed by atoms with E-state index in [0.29, 0.717) is 12.0 Å². The summed E-state index contributed by atoms with van der Waals surface area (Å²) in [6.45, 7) is 12.4. The molecule has 2 atom stereocenters. The van der Waals surface area contributed by atoms with Crippen LogP contribution in [-0.2, 0) is 25.7 Å². The summed E-state index contributed by atoms with van der Waals surface area (Å²) in [7, 11) is 0. The quantitative estimate of drug-likeness (QED) is 0.301. The van der Waals surface area contributed by atoms with Gasteiger partial charge in [-0.1, -0.05) is 55.5 Å². The largest absolute Gasteiger partial charge is 0.507 e. The summed E-state index contributed by atoms with van der Waals surface area (Å²) < 4.78 is 5.38. The number of benzene rings is 2. The lowest BCUT2D eigenvalue weighted by atomic mass is 9.90. The van der Waals surface area contributed by atoms with E-state index in [1.807, 2.05) is 37.3 Å². The monoisotopic (exact) mass is 568 g/mol. The van der Waals surface area contributed by atoms with Gasteiger partial charge in [0.25, 0.3) is 0 Å². The smallest absolute Gasteiger partial charge is 0.408 e. The van der Waals surface area contributed by atoms with Crippen LogP contribution < -0.4 is 16.4 Å². The topological polar surface area (TPSA) is 151 Å². The summed E-state index contributed by atoms with van der Waals surface area (Å²) in [4.78, 5) is 54.2. The molecule has 2 unspecified atom stereocenters. The fourth-order valence-corrected chi connectivity index (χ4v) is 4.29. The van der Waals surface area contributed by atoms with Crippen molar-refractivity contribution in [3.8, 4) is 5.75 Å². The van der Waals surface area contributed by atoms with Crippen molar-refractivity contribution in [2.24, 2.45) is 5.73 Å². The number of carbonyl (C=O) groups is 4. The van der Waals surface area contributed by atoms with Crippen LogP contribution in [0.15, 0.2) is 48.5 Å². The minimum atomic E-state index is -1.27. The zero-order chi connectivity index (χ0) is 31.0. The predicted molar refractivity (Wildman–Crippen MR) is 157 cm³/mol. The fraction of sp³-hybridized carbons (Fsp3) is 0.484. The number of carbonyl (C=O) groups excluding carboxylic acids is 4. The summed E-state index contributed by atoms with van der Waals surface area (Å²) in [5.41, 5.74) is 5.24. The minimum absolute atomic E-state index is 0.109. The second kappa shape index (κ2) is 14.0. The zero-order valence-electron chi connectivity index (χ0n) is 25.1. The molecule has 0 fully saturated rings. The van der Waals surface area contributed by atoms with Crippen molar-refractivity contribution in [1.82, 2.24) is 15.5 Å². The van der Waals surface area contributed by atoms with Crippen molar-refractivity contribution in [2.45, 2.75) is 97.5 Å². The molecule has 2 aromatic carbocycles. The van der Waals surface area contributed by atoms with Crippen LogP contribution in [0.2, 0.25) is 0 Å². The molecular formula is C31H44N4O6. The molecule has 5 N–H and O–H groups in total. The molecule has 0 spiro atoms. The van der Waals surface area contributed by atoms with Gasteiger partial charge < -0.3 is 31.1 Å². The van der Waals surface area contributed by atoms with E-state index < -0.39 is 47.0 Å². The Morgan fingerprint density at radius 1 is 1.00 bits per heavy atom. The molecule has 41 heavy (non-hydrogen) atoms. The van der Waals surface area contributed by atoms with Crippen LogP contribution in [0.1, 0.15) is 83.5 Å². The minimum Gasteiger partial charge on any atom is -0.507 e. The highest BCUT2D eigenvalue weighted by Crippen LogP contribution is 2.37. The number of aromatic hydroxyl groups is 1. The van der Waals surface area contributed by atoms with Crippen LogP contribution in [0.4, 0.5) is 4.79 Å². The average molecular weight is 569 g/mol. The second-order valence-electron chi connectivity index (χ2n) is 11.7. The van der Waals surface area contributed by atoms with Crippen LogP contribution in [0.5, 0.6) is 5.75 Å². The SMILES string of the molecule is CCC(C)(C)N(C(=O)C(CCC(N)=O)NC(=O)OC(C)(C)C)C(C(=O)NCc1ccccc1)c1cccc(C)c1O.